The molecule has 0 aromatic heterocycles. The number of benzene rings is 2. The van der Waals surface area contributed by atoms with Gasteiger partial charge in [-0.15, -0.1) is 0 Å². The molecule has 0 saturated heterocycles. The second kappa shape index (κ2) is 11.8. The Bertz CT molecular complexity index is 676. The monoisotopic (exact) mass is 358 g/mol. The Morgan fingerprint density at radius 1 is 0.923 bits per heavy atom. The number of rotatable bonds is 12. The predicted octanol–water partition coefficient (Wildman–Crippen LogP) is 4.25. The van der Waals surface area contributed by atoms with Gasteiger partial charge in [-0.25, -0.2) is 4.99 Å². The van der Waals surface area contributed by atoms with Crippen LogP contribution in [0.1, 0.15) is 12.8 Å². The number of nitrogens with zero attached hydrogens (tertiary/aromatic N) is 1. The van der Waals surface area contributed by atoms with Gasteiger partial charge in [0.15, 0.2) is 6.40 Å². The lowest BCUT2D eigenvalue weighted by Crippen LogP contribution is -2.07. The highest BCUT2D eigenvalue weighted by molar-refractivity contribution is 5.56. The second-order valence-electron chi connectivity index (χ2n) is 5.48. The smallest absolute Gasteiger partial charge is 0.174 e. The van der Waals surface area contributed by atoms with Gasteiger partial charge in [-0.3, -0.25) is 0 Å². The van der Waals surface area contributed by atoms with E-state index in [1.54, 1.807) is 14.2 Å². The maximum Gasteiger partial charge on any atom is 0.174 e. The minimum absolute atomic E-state index is 0.464. The van der Waals surface area contributed by atoms with Gasteiger partial charge < -0.3 is 24.3 Å². The van der Waals surface area contributed by atoms with Crippen molar-refractivity contribution in [1.29, 1.82) is 0 Å². The fourth-order valence-electron chi connectivity index (χ4n) is 2.17. The van der Waals surface area contributed by atoms with Crippen molar-refractivity contribution in [2.75, 3.05) is 39.5 Å². The average Bonchev–Trinajstić information content (AvgIpc) is 2.69. The Morgan fingerprint density at radius 2 is 1.65 bits per heavy atom. The highest BCUT2D eigenvalue weighted by Crippen LogP contribution is 2.19. The quantitative estimate of drug-likeness (QED) is 0.266. The van der Waals surface area contributed by atoms with Crippen molar-refractivity contribution in [3.05, 3.63) is 48.5 Å². The normalized spacial score (nSPS) is 10.7. The molecule has 6 nitrogen and oxygen atoms in total. The Balaban J connectivity index is 1.49. The Hall–Kier alpha value is -2.73. The molecule has 0 atom stereocenters. The van der Waals surface area contributed by atoms with Crippen LogP contribution in [0.4, 0.5) is 11.4 Å². The lowest BCUT2D eigenvalue weighted by molar-refractivity contribution is 0.143. The first-order chi connectivity index (χ1) is 12.8. The molecule has 0 aliphatic heterocycles. The van der Waals surface area contributed by atoms with E-state index in [4.69, 9.17) is 18.9 Å². The van der Waals surface area contributed by atoms with Gasteiger partial charge >= 0.3 is 0 Å². The molecule has 0 amide bonds. The standard InChI is InChI=1S/C20H26N2O4/c1-23-19-9-5-7-17(13-19)21-15-25-11-3-4-12-26-16-22-18-8-6-10-20(14-18)24-2/h5-10,13-15,22H,3-4,11-12,16H2,1-2H3. The molecule has 0 bridgehead atoms. The molecule has 0 aliphatic rings. The summed E-state index contributed by atoms with van der Waals surface area (Å²) in [7, 11) is 3.28. The van der Waals surface area contributed by atoms with E-state index in [1.165, 1.54) is 6.40 Å². The first-order valence-corrected chi connectivity index (χ1v) is 8.55. The van der Waals surface area contributed by atoms with E-state index in [0.717, 1.165) is 35.7 Å². The topological polar surface area (TPSA) is 61.3 Å². The number of aliphatic imine (C=N–C) groups is 1. The third-order valence-corrected chi connectivity index (χ3v) is 3.58. The van der Waals surface area contributed by atoms with Gasteiger partial charge in [0.2, 0.25) is 0 Å². The lowest BCUT2D eigenvalue weighted by atomic mass is 10.3. The van der Waals surface area contributed by atoms with Crippen LogP contribution in [0.2, 0.25) is 0 Å². The Morgan fingerprint density at radius 3 is 2.46 bits per heavy atom. The largest absolute Gasteiger partial charge is 0.497 e. The summed E-state index contributed by atoms with van der Waals surface area (Å²) in [5.74, 6) is 1.60. The summed E-state index contributed by atoms with van der Waals surface area (Å²) in [5.41, 5.74) is 1.78. The fraction of sp³-hybridized carbons (Fsp3) is 0.350. The highest BCUT2D eigenvalue weighted by atomic mass is 16.5. The minimum atomic E-state index is 0.464. The molecule has 2 aromatic rings. The van der Waals surface area contributed by atoms with Crippen LogP contribution in [0.3, 0.4) is 0 Å². The number of unbranched alkanes of at least 4 members (excludes halogenated alkanes) is 1. The zero-order valence-corrected chi connectivity index (χ0v) is 15.3. The highest BCUT2D eigenvalue weighted by Gasteiger charge is 1.95. The summed E-state index contributed by atoms with van der Waals surface area (Å²) in [4.78, 5) is 4.23. The summed E-state index contributed by atoms with van der Waals surface area (Å²) >= 11 is 0. The second-order valence-corrected chi connectivity index (χ2v) is 5.48. The number of anilines is 1. The third-order valence-electron chi connectivity index (χ3n) is 3.58. The molecule has 0 aliphatic carbocycles. The maximum atomic E-state index is 5.56. The minimum Gasteiger partial charge on any atom is -0.497 e. The number of methoxy groups -OCH3 is 2. The SMILES string of the molecule is COc1cccc(N=COCCCCOCNc2cccc(OC)c2)c1. The van der Waals surface area contributed by atoms with E-state index in [0.29, 0.717) is 19.9 Å². The van der Waals surface area contributed by atoms with Crippen LogP contribution in [-0.2, 0) is 9.47 Å². The van der Waals surface area contributed by atoms with Crippen LogP contribution >= 0.6 is 0 Å². The fourth-order valence-corrected chi connectivity index (χ4v) is 2.17. The molecular weight excluding hydrogens is 332 g/mol. The van der Waals surface area contributed by atoms with Crippen LogP contribution in [0.25, 0.3) is 0 Å². The molecule has 140 valence electrons. The van der Waals surface area contributed by atoms with Crippen LogP contribution in [-0.4, -0.2) is 40.6 Å². The summed E-state index contributed by atoms with van der Waals surface area (Å²) in [6, 6.07) is 15.3. The van der Waals surface area contributed by atoms with E-state index in [9.17, 15) is 0 Å². The van der Waals surface area contributed by atoms with Gasteiger partial charge in [-0.1, -0.05) is 12.1 Å². The summed E-state index contributed by atoms with van der Waals surface area (Å²) in [6.07, 6.45) is 3.30. The molecule has 2 aromatic carbocycles. The summed E-state index contributed by atoms with van der Waals surface area (Å²) < 4.78 is 21.3. The zero-order valence-electron chi connectivity index (χ0n) is 15.3. The van der Waals surface area contributed by atoms with Gasteiger partial charge in [0.25, 0.3) is 0 Å². The van der Waals surface area contributed by atoms with Crippen molar-refractivity contribution in [1.82, 2.24) is 0 Å². The van der Waals surface area contributed by atoms with Crippen molar-refractivity contribution in [3.63, 3.8) is 0 Å². The molecule has 2 rings (SSSR count). The molecule has 0 spiro atoms. The van der Waals surface area contributed by atoms with Crippen molar-refractivity contribution in [2.24, 2.45) is 4.99 Å². The maximum absolute atomic E-state index is 5.56. The van der Waals surface area contributed by atoms with E-state index in [2.05, 4.69) is 10.3 Å². The van der Waals surface area contributed by atoms with Gasteiger partial charge in [0.1, 0.15) is 18.2 Å². The predicted molar refractivity (Wildman–Crippen MR) is 104 cm³/mol. The van der Waals surface area contributed by atoms with Gasteiger partial charge in [0.05, 0.1) is 26.5 Å². The van der Waals surface area contributed by atoms with Crippen molar-refractivity contribution in [2.45, 2.75) is 12.8 Å². The van der Waals surface area contributed by atoms with Gasteiger partial charge in [-0.05, 0) is 37.1 Å². The number of hydrogen-bond donors (Lipinski definition) is 1. The summed E-state index contributed by atoms with van der Waals surface area (Å²) in [5, 5.41) is 3.19. The summed E-state index contributed by atoms with van der Waals surface area (Å²) in [6.45, 7) is 1.75. The van der Waals surface area contributed by atoms with Gasteiger partial charge in [0, 0.05) is 24.4 Å². The van der Waals surface area contributed by atoms with E-state index in [1.807, 2.05) is 48.5 Å². The first-order valence-electron chi connectivity index (χ1n) is 8.55. The molecule has 0 fully saturated rings. The van der Waals surface area contributed by atoms with Gasteiger partial charge in [-0.2, -0.15) is 0 Å². The average molecular weight is 358 g/mol. The molecule has 6 heteroatoms. The van der Waals surface area contributed by atoms with Crippen molar-refractivity contribution >= 4 is 17.8 Å². The van der Waals surface area contributed by atoms with E-state index < -0.39 is 0 Å². The van der Waals surface area contributed by atoms with Crippen molar-refractivity contribution in [3.8, 4) is 11.5 Å². The van der Waals surface area contributed by atoms with Crippen LogP contribution in [0, 0.1) is 0 Å². The van der Waals surface area contributed by atoms with E-state index in [-0.39, 0.29) is 0 Å². The molecule has 26 heavy (non-hydrogen) atoms. The number of ether oxygens (including phenoxy) is 4. The number of hydrogen-bond acceptors (Lipinski definition) is 6. The Kier molecular flexibility index (Phi) is 8.86. The van der Waals surface area contributed by atoms with E-state index >= 15 is 0 Å². The van der Waals surface area contributed by atoms with Crippen LogP contribution in [0.5, 0.6) is 11.5 Å². The molecular formula is C20H26N2O4. The molecule has 0 heterocycles. The van der Waals surface area contributed by atoms with Crippen LogP contribution in [0.15, 0.2) is 53.5 Å². The lowest BCUT2D eigenvalue weighted by Gasteiger charge is -2.08. The van der Waals surface area contributed by atoms with Crippen molar-refractivity contribution < 1.29 is 18.9 Å². The molecule has 1 N–H and O–H groups in total. The third kappa shape index (κ3) is 7.44. The van der Waals surface area contributed by atoms with Crippen LogP contribution < -0.4 is 14.8 Å². The number of nitrogens with one attached hydrogen (secondary N) is 1. The molecule has 0 unspecified atom stereocenters. The molecule has 0 saturated carbocycles. The first kappa shape index (κ1) is 19.6. The Labute approximate surface area is 154 Å². The molecule has 0 radical (unpaired) electrons. The zero-order chi connectivity index (χ0) is 18.5.